The topological polar surface area (TPSA) is 77.1 Å². The van der Waals surface area contributed by atoms with Gasteiger partial charge < -0.3 is 5.11 Å². The highest BCUT2D eigenvalue weighted by Crippen LogP contribution is 2.19. The van der Waals surface area contributed by atoms with E-state index in [9.17, 15) is 9.59 Å². The first kappa shape index (κ1) is 11.7. The van der Waals surface area contributed by atoms with Gasteiger partial charge in [0.25, 0.3) is 0 Å². The molecule has 3 rings (SSSR count). The van der Waals surface area contributed by atoms with Crippen molar-refractivity contribution in [2.45, 2.75) is 0 Å². The van der Waals surface area contributed by atoms with Crippen LogP contribution in [0.1, 0.15) is 10.5 Å². The minimum Gasteiger partial charge on any atom is -0.476 e. The number of benzene rings is 1. The summed E-state index contributed by atoms with van der Waals surface area (Å²) in [7, 11) is 1.67. The maximum Gasteiger partial charge on any atom is 0.355 e. The highest BCUT2D eigenvalue weighted by molar-refractivity contribution is 7.12. The lowest BCUT2D eigenvalue weighted by molar-refractivity contribution is 0.0691. The standard InChI is InChI=1S/C12H9N3O3S/c1-14-8-4-2-3-5-9(8)15(12(14)18)11-13-7(6-19-11)10(16)17/h2-6H,1H3,(H,16,17). The zero-order valence-electron chi connectivity index (χ0n) is 9.90. The lowest BCUT2D eigenvalue weighted by atomic mass is 10.3. The molecule has 2 heterocycles. The second kappa shape index (κ2) is 4.06. The summed E-state index contributed by atoms with van der Waals surface area (Å²) in [5.74, 6) is -1.10. The molecule has 6 nitrogen and oxygen atoms in total. The van der Waals surface area contributed by atoms with Gasteiger partial charge in [-0.2, -0.15) is 0 Å². The van der Waals surface area contributed by atoms with Gasteiger partial charge in [0.05, 0.1) is 11.0 Å². The van der Waals surface area contributed by atoms with E-state index >= 15 is 0 Å². The number of nitrogens with zero attached hydrogens (tertiary/aromatic N) is 3. The molecule has 0 fully saturated rings. The molecule has 0 aliphatic carbocycles. The van der Waals surface area contributed by atoms with Crippen LogP contribution >= 0.6 is 11.3 Å². The number of carboxylic acids is 1. The van der Waals surface area contributed by atoms with Crippen LogP contribution in [0.3, 0.4) is 0 Å². The maximum absolute atomic E-state index is 12.2. The van der Waals surface area contributed by atoms with Gasteiger partial charge in [0, 0.05) is 12.4 Å². The molecule has 0 unspecified atom stereocenters. The van der Waals surface area contributed by atoms with Crippen LogP contribution in [0.4, 0.5) is 0 Å². The van der Waals surface area contributed by atoms with Crippen LogP contribution in [0.15, 0.2) is 34.4 Å². The third kappa shape index (κ3) is 1.66. The molecule has 0 saturated heterocycles. The number of aromatic nitrogens is 3. The Kier molecular flexibility index (Phi) is 2.49. The number of fused-ring (bicyclic) bond motifs is 1. The van der Waals surface area contributed by atoms with Crippen molar-refractivity contribution in [3.63, 3.8) is 0 Å². The molecular formula is C12H9N3O3S. The fourth-order valence-electron chi connectivity index (χ4n) is 1.94. The summed E-state index contributed by atoms with van der Waals surface area (Å²) in [4.78, 5) is 27.0. The quantitative estimate of drug-likeness (QED) is 0.768. The van der Waals surface area contributed by atoms with E-state index in [1.807, 2.05) is 18.2 Å². The molecule has 0 saturated carbocycles. The van der Waals surface area contributed by atoms with Gasteiger partial charge in [-0.15, -0.1) is 11.3 Å². The van der Waals surface area contributed by atoms with Crippen molar-refractivity contribution in [3.05, 3.63) is 45.8 Å². The van der Waals surface area contributed by atoms with E-state index in [2.05, 4.69) is 4.98 Å². The monoisotopic (exact) mass is 275 g/mol. The van der Waals surface area contributed by atoms with Crippen molar-refractivity contribution in [1.29, 1.82) is 0 Å². The Morgan fingerprint density at radius 3 is 2.63 bits per heavy atom. The van der Waals surface area contributed by atoms with Crippen LogP contribution in [0, 0.1) is 0 Å². The van der Waals surface area contributed by atoms with Crippen molar-refractivity contribution < 1.29 is 9.90 Å². The SMILES string of the molecule is Cn1c(=O)n(-c2nc(C(=O)O)cs2)c2ccccc21. The van der Waals surface area contributed by atoms with Crippen molar-refractivity contribution in [1.82, 2.24) is 14.1 Å². The minimum atomic E-state index is -1.10. The lowest BCUT2D eigenvalue weighted by Crippen LogP contribution is -2.20. The fourth-order valence-corrected chi connectivity index (χ4v) is 2.75. The number of aryl methyl sites for hydroxylation is 1. The average Bonchev–Trinajstić information content (AvgIpc) is 2.96. The number of hydrogen-bond acceptors (Lipinski definition) is 4. The molecule has 3 aromatic rings. The van der Waals surface area contributed by atoms with Gasteiger partial charge in [-0.1, -0.05) is 12.1 Å². The van der Waals surface area contributed by atoms with Crippen molar-refractivity contribution in [2.75, 3.05) is 0 Å². The largest absolute Gasteiger partial charge is 0.476 e. The minimum absolute atomic E-state index is 0.0557. The molecule has 0 spiro atoms. The Morgan fingerprint density at radius 2 is 2.00 bits per heavy atom. The van der Waals surface area contributed by atoms with Gasteiger partial charge in [-0.3, -0.25) is 4.57 Å². The molecule has 0 bridgehead atoms. The van der Waals surface area contributed by atoms with Gasteiger partial charge in [0.2, 0.25) is 0 Å². The number of carboxylic acid groups (broad SMARTS) is 1. The summed E-state index contributed by atoms with van der Waals surface area (Å²) in [6, 6.07) is 7.30. The normalized spacial score (nSPS) is 11.0. The van der Waals surface area contributed by atoms with E-state index in [-0.39, 0.29) is 11.4 Å². The van der Waals surface area contributed by atoms with Crippen LogP contribution < -0.4 is 5.69 Å². The van der Waals surface area contributed by atoms with E-state index in [0.717, 1.165) is 16.9 Å². The van der Waals surface area contributed by atoms with E-state index in [4.69, 9.17) is 5.11 Å². The molecule has 0 atom stereocenters. The molecule has 0 radical (unpaired) electrons. The predicted molar refractivity (Wildman–Crippen MR) is 71.1 cm³/mol. The average molecular weight is 275 g/mol. The number of rotatable bonds is 2. The van der Waals surface area contributed by atoms with Crippen molar-refractivity contribution in [2.24, 2.45) is 7.05 Å². The smallest absolute Gasteiger partial charge is 0.355 e. The van der Waals surface area contributed by atoms with Gasteiger partial charge >= 0.3 is 11.7 Å². The first-order valence-corrected chi connectivity index (χ1v) is 6.33. The summed E-state index contributed by atoms with van der Waals surface area (Å²) in [6.07, 6.45) is 0. The first-order chi connectivity index (χ1) is 9.09. The van der Waals surface area contributed by atoms with Crippen LogP contribution in [0.25, 0.3) is 16.2 Å². The highest BCUT2D eigenvalue weighted by Gasteiger charge is 2.16. The Balaban J connectivity index is 2.33. The number of aromatic carboxylic acids is 1. The van der Waals surface area contributed by atoms with Gasteiger partial charge in [-0.25, -0.2) is 19.1 Å². The zero-order chi connectivity index (χ0) is 13.6. The summed E-state index contributed by atoms with van der Waals surface area (Å²) >= 11 is 1.13. The highest BCUT2D eigenvalue weighted by atomic mass is 32.1. The molecule has 7 heteroatoms. The van der Waals surface area contributed by atoms with E-state index in [0.29, 0.717) is 10.6 Å². The van der Waals surface area contributed by atoms with Gasteiger partial charge in [0.1, 0.15) is 0 Å². The Labute approximate surface area is 111 Å². The number of hydrogen-bond donors (Lipinski definition) is 1. The van der Waals surface area contributed by atoms with Crippen molar-refractivity contribution in [3.8, 4) is 5.13 Å². The maximum atomic E-state index is 12.2. The number of imidazole rings is 1. The van der Waals surface area contributed by atoms with Crippen LogP contribution in [-0.4, -0.2) is 25.2 Å². The lowest BCUT2D eigenvalue weighted by Gasteiger charge is -1.96. The Hall–Kier alpha value is -2.41. The number of carbonyl (C=O) groups is 1. The third-order valence-corrected chi connectivity index (χ3v) is 3.69. The zero-order valence-corrected chi connectivity index (χ0v) is 10.7. The second-order valence-electron chi connectivity index (χ2n) is 3.99. The van der Waals surface area contributed by atoms with E-state index < -0.39 is 5.97 Å². The van der Waals surface area contributed by atoms with E-state index in [1.165, 1.54) is 14.5 Å². The molecule has 1 aromatic carbocycles. The van der Waals surface area contributed by atoms with Crippen LogP contribution in [0.2, 0.25) is 0 Å². The molecule has 2 aromatic heterocycles. The molecule has 0 aliphatic rings. The Bertz CT molecular complexity index is 843. The summed E-state index contributed by atoms with van der Waals surface area (Å²) in [6.45, 7) is 0. The first-order valence-electron chi connectivity index (χ1n) is 5.45. The fraction of sp³-hybridized carbons (Fsp3) is 0.0833. The van der Waals surface area contributed by atoms with Crippen LogP contribution in [-0.2, 0) is 7.05 Å². The summed E-state index contributed by atoms with van der Waals surface area (Å²) < 4.78 is 2.93. The predicted octanol–water partition coefficient (Wildman–Crippen LogP) is 1.48. The van der Waals surface area contributed by atoms with Crippen LogP contribution in [0.5, 0.6) is 0 Å². The molecule has 19 heavy (non-hydrogen) atoms. The summed E-state index contributed by atoms with van der Waals surface area (Å²) in [5.41, 5.74) is 1.19. The molecule has 1 N–H and O–H groups in total. The van der Waals surface area contributed by atoms with Gasteiger partial charge in [-0.05, 0) is 12.1 Å². The number of para-hydroxylation sites is 2. The molecule has 0 aliphatic heterocycles. The summed E-state index contributed by atoms with van der Waals surface area (Å²) in [5, 5.41) is 10.7. The third-order valence-electron chi connectivity index (χ3n) is 2.86. The second-order valence-corrected chi connectivity index (χ2v) is 4.82. The Morgan fingerprint density at radius 1 is 1.32 bits per heavy atom. The molecular weight excluding hydrogens is 266 g/mol. The van der Waals surface area contributed by atoms with E-state index in [1.54, 1.807) is 13.1 Å². The number of thiazole rings is 1. The molecule has 0 amide bonds. The van der Waals surface area contributed by atoms with Gasteiger partial charge in [0.15, 0.2) is 10.8 Å². The van der Waals surface area contributed by atoms with Crippen molar-refractivity contribution >= 4 is 28.3 Å². The molecule has 96 valence electrons.